The third kappa shape index (κ3) is 6.33. The maximum atomic E-state index is 13.4. The van der Waals surface area contributed by atoms with Crippen LogP contribution < -0.4 is 15.4 Å². The Morgan fingerprint density at radius 2 is 1.77 bits per heavy atom. The van der Waals surface area contributed by atoms with Gasteiger partial charge in [0.1, 0.15) is 11.6 Å². The highest BCUT2D eigenvalue weighted by atomic mass is 32.2. The number of halogens is 1. The normalized spacial score (nSPS) is 11.5. The molecule has 0 saturated heterocycles. The summed E-state index contributed by atoms with van der Waals surface area (Å²) in [6.45, 7) is 1.86. The average molecular weight is 439 g/mol. The molecule has 0 spiro atoms. The van der Waals surface area contributed by atoms with Crippen molar-refractivity contribution < 1.29 is 18.7 Å². The van der Waals surface area contributed by atoms with Crippen LogP contribution in [0.2, 0.25) is 0 Å². The zero-order chi connectivity index (χ0) is 22.2. The van der Waals surface area contributed by atoms with Crippen molar-refractivity contribution in [2.75, 3.05) is 23.5 Å². The fraction of sp³-hybridized carbons (Fsp3) is 0.167. The Kier molecular flexibility index (Phi) is 7.67. The molecule has 0 bridgehead atoms. The summed E-state index contributed by atoms with van der Waals surface area (Å²) >= 11 is 1.62. The minimum atomic E-state index is -0.497. The molecule has 2 N–H and O–H groups in total. The third-order valence-electron chi connectivity index (χ3n) is 4.49. The highest BCUT2D eigenvalue weighted by molar-refractivity contribution is 7.99. The van der Waals surface area contributed by atoms with Gasteiger partial charge >= 0.3 is 0 Å². The lowest BCUT2D eigenvalue weighted by Gasteiger charge is -2.15. The molecule has 0 aromatic heterocycles. The van der Waals surface area contributed by atoms with Crippen LogP contribution in [0.3, 0.4) is 0 Å². The molecule has 3 rings (SSSR count). The Morgan fingerprint density at radius 1 is 1.00 bits per heavy atom. The molecule has 31 heavy (non-hydrogen) atoms. The van der Waals surface area contributed by atoms with E-state index in [9.17, 15) is 14.0 Å². The Morgan fingerprint density at radius 3 is 2.48 bits per heavy atom. The van der Waals surface area contributed by atoms with Crippen molar-refractivity contribution in [1.29, 1.82) is 0 Å². The van der Waals surface area contributed by atoms with E-state index in [1.54, 1.807) is 30.0 Å². The number of carbonyl (C=O) groups excluding carboxylic acids is 2. The van der Waals surface area contributed by atoms with Gasteiger partial charge < -0.3 is 15.4 Å². The van der Waals surface area contributed by atoms with Crippen LogP contribution in [0.25, 0.3) is 0 Å². The smallest absolute Gasteiger partial charge is 0.255 e. The van der Waals surface area contributed by atoms with E-state index >= 15 is 0 Å². The van der Waals surface area contributed by atoms with Crippen molar-refractivity contribution in [2.45, 2.75) is 11.8 Å². The van der Waals surface area contributed by atoms with E-state index in [4.69, 9.17) is 4.74 Å². The van der Waals surface area contributed by atoms with Gasteiger partial charge in [0.15, 0.2) is 0 Å². The van der Waals surface area contributed by atoms with Crippen LogP contribution in [0, 0.1) is 11.7 Å². The summed E-state index contributed by atoms with van der Waals surface area (Å²) in [5, 5.41) is 5.58. The lowest BCUT2D eigenvalue weighted by atomic mass is 10.1. The predicted molar refractivity (Wildman–Crippen MR) is 122 cm³/mol. The molecular formula is C24H23FN2O3S. The number of anilines is 2. The van der Waals surface area contributed by atoms with Gasteiger partial charge in [0.2, 0.25) is 5.91 Å². The van der Waals surface area contributed by atoms with Crippen molar-refractivity contribution in [3.63, 3.8) is 0 Å². The predicted octanol–water partition coefficient (Wildman–Crippen LogP) is 5.45. The summed E-state index contributed by atoms with van der Waals surface area (Å²) in [7, 11) is 1.48. The van der Waals surface area contributed by atoms with Gasteiger partial charge in [-0.15, -0.1) is 11.8 Å². The molecule has 2 amide bonds. The Balaban J connectivity index is 1.66. The number of nitrogens with one attached hydrogen (secondary N) is 2. The second-order valence-corrected chi connectivity index (χ2v) is 7.99. The summed E-state index contributed by atoms with van der Waals surface area (Å²) in [5.74, 6) is -0.268. The van der Waals surface area contributed by atoms with Crippen LogP contribution in [0.1, 0.15) is 17.3 Å². The molecular weight excluding hydrogens is 415 g/mol. The molecule has 5 nitrogen and oxygen atoms in total. The average Bonchev–Trinajstić information content (AvgIpc) is 2.78. The number of amides is 2. The fourth-order valence-corrected chi connectivity index (χ4v) is 3.73. The van der Waals surface area contributed by atoms with Gasteiger partial charge in [-0.1, -0.05) is 31.2 Å². The van der Waals surface area contributed by atoms with Crippen LogP contribution in [0.15, 0.2) is 77.7 Å². The summed E-state index contributed by atoms with van der Waals surface area (Å²) in [6, 6.07) is 20.3. The number of carbonyl (C=O) groups is 2. The highest BCUT2D eigenvalue weighted by Gasteiger charge is 2.16. The number of benzene rings is 3. The van der Waals surface area contributed by atoms with Crippen molar-refractivity contribution in [3.05, 3.63) is 84.2 Å². The zero-order valence-corrected chi connectivity index (χ0v) is 18.0. The largest absolute Gasteiger partial charge is 0.495 e. The van der Waals surface area contributed by atoms with Crippen molar-refractivity contribution in [2.24, 2.45) is 5.92 Å². The molecule has 3 aromatic carbocycles. The summed E-state index contributed by atoms with van der Waals surface area (Å²) in [4.78, 5) is 26.2. The van der Waals surface area contributed by atoms with Crippen LogP contribution in [0.4, 0.5) is 15.8 Å². The van der Waals surface area contributed by atoms with Crippen LogP contribution in [-0.2, 0) is 4.79 Å². The van der Waals surface area contributed by atoms with Gasteiger partial charge in [0.25, 0.3) is 5.91 Å². The third-order valence-corrected chi connectivity index (χ3v) is 5.76. The fourth-order valence-electron chi connectivity index (χ4n) is 2.79. The number of hydrogen-bond acceptors (Lipinski definition) is 4. The molecule has 0 aliphatic carbocycles. The number of ether oxygens (including phenoxy) is 1. The highest BCUT2D eigenvalue weighted by Crippen LogP contribution is 2.29. The molecule has 0 radical (unpaired) electrons. The second-order valence-electron chi connectivity index (χ2n) is 6.89. The van der Waals surface area contributed by atoms with Crippen molar-refractivity contribution >= 4 is 35.0 Å². The Hall–Kier alpha value is -3.32. The molecule has 0 heterocycles. The number of hydrogen-bond donors (Lipinski definition) is 2. The molecule has 160 valence electrons. The van der Waals surface area contributed by atoms with Gasteiger partial charge in [-0.2, -0.15) is 0 Å². The first-order valence-corrected chi connectivity index (χ1v) is 10.7. The van der Waals surface area contributed by atoms with Gasteiger partial charge in [0.05, 0.1) is 12.8 Å². The maximum absolute atomic E-state index is 13.4. The van der Waals surface area contributed by atoms with E-state index in [-0.39, 0.29) is 17.4 Å². The minimum Gasteiger partial charge on any atom is -0.495 e. The van der Waals surface area contributed by atoms with E-state index < -0.39 is 11.7 Å². The van der Waals surface area contributed by atoms with Gasteiger partial charge in [-0.25, -0.2) is 4.39 Å². The van der Waals surface area contributed by atoms with Crippen molar-refractivity contribution in [3.8, 4) is 5.75 Å². The molecule has 3 aromatic rings. The first-order valence-electron chi connectivity index (χ1n) is 9.70. The zero-order valence-electron chi connectivity index (χ0n) is 17.2. The van der Waals surface area contributed by atoms with Gasteiger partial charge in [-0.05, 0) is 48.5 Å². The van der Waals surface area contributed by atoms with Crippen LogP contribution >= 0.6 is 11.8 Å². The molecule has 1 atom stereocenters. The molecule has 0 aliphatic rings. The van der Waals surface area contributed by atoms with E-state index in [0.29, 0.717) is 22.9 Å². The SMILES string of the molecule is COc1ccc(NC(=O)C(C)CSc2ccccc2)cc1NC(=O)c1cccc(F)c1. The molecule has 1 unspecified atom stereocenters. The van der Waals surface area contributed by atoms with E-state index in [0.717, 1.165) is 11.0 Å². The van der Waals surface area contributed by atoms with Gasteiger partial charge in [-0.3, -0.25) is 9.59 Å². The monoisotopic (exact) mass is 438 g/mol. The maximum Gasteiger partial charge on any atom is 0.255 e. The molecule has 0 fully saturated rings. The minimum absolute atomic E-state index is 0.129. The van der Waals surface area contributed by atoms with E-state index in [1.165, 1.54) is 25.3 Å². The number of methoxy groups -OCH3 is 1. The number of thioether (sulfide) groups is 1. The number of rotatable bonds is 8. The molecule has 7 heteroatoms. The first-order chi connectivity index (χ1) is 15.0. The second kappa shape index (κ2) is 10.6. The molecule has 0 aliphatic heterocycles. The lowest BCUT2D eigenvalue weighted by Crippen LogP contribution is -2.22. The van der Waals surface area contributed by atoms with Crippen LogP contribution in [-0.4, -0.2) is 24.7 Å². The topological polar surface area (TPSA) is 67.4 Å². The Labute approximate surface area is 185 Å². The summed E-state index contributed by atoms with van der Waals surface area (Å²) in [5.41, 5.74) is 1.08. The van der Waals surface area contributed by atoms with E-state index in [2.05, 4.69) is 10.6 Å². The van der Waals surface area contributed by atoms with Gasteiger partial charge in [0, 0.05) is 27.8 Å². The van der Waals surface area contributed by atoms with Crippen molar-refractivity contribution in [1.82, 2.24) is 0 Å². The first kappa shape index (κ1) is 22.4. The standard InChI is InChI=1S/C24H23FN2O3S/c1-16(15-31-20-9-4-3-5-10-20)23(28)26-19-11-12-22(30-2)21(14-19)27-24(29)17-7-6-8-18(25)13-17/h3-14,16H,15H2,1-2H3,(H,26,28)(H,27,29). The molecule has 0 saturated carbocycles. The lowest BCUT2D eigenvalue weighted by molar-refractivity contribution is -0.118. The van der Waals surface area contributed by atoms with E-state index in [1.807, 2.05) is 37.3 Å². The summed E-state index contributed by atoms with van der Waals surface area (Å²) < 4.78 is 18.7. The quantitative estimate of drug-likeness (QED) is 0.459. The summed E-state index contributed by atoms with van der Waals surface area (Å²) in [6.07, 6.45) is 0. The van der Waals surface area contributed by atoms with Crippen LogP contribution in [0.5, 0.6) is 5.75 Å². The Bertz CT molecular complexity index is 1060.